The van der Waals surface area contributed by atoms with Crippen molar-refractivity contribution in [2.45, 2.75) is 39.7 Å². The number of hydrogen-bond donors (Lipinski definition) is 0. The van der Waals surface area contributed by atoms with Gasteiger partial charge in [-0.25, -0.2) is 0 Å². The molecule has 0 aliphatic carbocycles. The van der Waals surface area contributed by atoms with Crippen LogP contribution in [0.5, 0.6) is 5.75 Å². The number of piperidine rings is 1. The van der Waals surface area contributed by atoms with E-state index in [0.29, 0.717) is 19.6 Å². The van der Waals surface area contributed by atoms with Crippen LogP contribution in [0.1, 0.15) is 36.3 Å². The van der Waals surface area contributed by atoms with Gasteiger partial charge in [0.05, 0.1) is 12.2 Å². The van der Waals surface area contributed by atoms with Gasteiger partial charge in [0.1, 0.15) is 18.1 Å². The zero-order valence-corrected chi connectivity index (χ0v) is 16.8. The average Bonchev–Trinajstić information content (AvgIpc) is 3.18. The molecule has 28 heavy (non-hydrogen) atoms. The fourth-order valence-electron chi connectivity index (χ4n) is 4.44. The molecule has 2 aliphatic heterocycles. The SMILES string of the molecule is Cc1noc(C)c1CN1CC2(CCN(CCOc3ccccc3)CC2)CC1=O. The molecule has 0 atom stereocenters. The van der Waals surface area contributed by atoms with Crippen LogP contribution in [-0.4, -0.2) is 53.6 Å². The molecule has 0 saturated carbocycles. The summed E-state index contributed by atoms with van der Waals surface area (Å²) in [4.78, 5) is 17.1. The van der Waals surface area contributed by atoms with Crippen LogP contribution in [0.4, 0.5) is 0 Å². The summed E-state index contributed by atoms with van der Waals surface area (Å²) < 4.78 is 11.1. The van der Waals surface area contributed by atoms with Gasteiger partial charge >= 0.3 is 0 Å². The molecule has 1 amide bonds. The number of carbonyl (C=O) groups excluding carboxylic acids is 1. The number of nitrogens with zero attached hydrogens (tertiary/aromatic N) is 3. The van der Waals surface area contributed by atoms with Crippen molar-refractivity contribution in [3.63, 3.8) is 0 Å². The molecule has 4 rings (SSSR count). The largest absolute Gasteiger partial charge is 0.492 e. The lowest BCUT2D eigenvalue weighted by atomic mass is 9.77. The summed E-state index contributed by atoms with van der Waals surface area (Å²) in [7, 11) is 0. The van der Waals surface area contributed by atoms with E-state index in [1.54, 1.807) is 0 Å². The maximum Gasteiger partial charge on any atom is 0.223 e. The molecule has 6 nitrogen and oxygen atoms in total. The minimum Gasteiger partial charge on any atom is -0.492 e. The van der Waals surface area contributed by atoms with E-state index in [2.05, 4.69) is 10.1 Å². The Kier molecular flexibility index (Phi) is 5.40. The maximum absolute atomic E-state index is 12.6. The summed E-state index contributed by atoms with van der Waals surface area (Å²) in [6, 6.07) is 9.96. The first-order valence-electron chi connectivity index (χ1n) is 10.1. The number of benzene rings is 1. The van der Waals surface area contributed by atoms with Gasteiger partial charge in [0, 0.05) is 25.1 Å². The molecule has 150 valence electrons. The summed E-state index contributed by atoms with van der Waals surface area (Å²) in [5.74, 6) is 2.01. The second kappa shape index (κ2) is 7.95. The third kappa shape index (κ3) is 4.07. The van der Waals surface area contributed by atoms with Gasteiger partial charge in [-0.05, 0) is 57.3 Å². The fraction of sp³-hybridized carbons (Fsp3) is 0.545. The van der Waals surface area contributed by atoms with Gasteiger partial charge in [-0.15, -0.1) is 0 Å². The van der Waals surface area contributed by atoms with Gasteiger partial charge < -0.3 is 14.2 Å². The number of likely N-dealkylation sites (tertiary alicyclic amines) is 2. The van der Waals surface area contributed by atoms with E-state index in [4.69, 9.17) is 9.26 Å². The molecule has 2 aromatic rings. The number of aryl methyl sites for hydroxylation is 2. The molecular weight excluding hydrogens is 354 g/mol. The Labute approximate surface area is 166 Å². The normalized spacial score (nSPS) is 19.5. The molecule has 1 aromatic heterocycles. The number of para-hydroxylation sites is 1. The van der Waals surface area contributed by atoms with Crippen molar-refractivity contribution in [1.29, 1.82) is 0 Å². The molecule has 3 heterocycles. The van der Waals surface area contributed by atoms with E-state index in [1.807, 2.05) is 49.1 Å². The first-order valence-corrected chi connectivity index (χ1v) is 10.1. The Morgan fingerprint density at radius 3 is 2.61 bits per heavy atom. The molecule has 0 radical (unpaired) electrons. The van der Waals surface area contributed by atoms with Crippen LogP contribution < -0.4 is 4.74 Å². The van der Waals surface area contributed by atoms with Gasteiger partial charge in [0.2, 0.25) is 5.91 Å². The zero-order valence-electron chi connectivity index (χ0n) is 16.8. The number of rotatable bonds is 6. The lowest BCUT2D eigenvalue weighted by Gasteiger charge is -2.38. The highest BCUT2D eigenvalue weighted by Gasteiger charge is 2.44. The molecular formula is C22H29N3O3. The van der Waals surface area contributed by atoms with E-state index in [1.165, 1.54) is 0 Å². The number of aromatic nitrogens is 1. The average molecular weight is 383 g/mol. The molecule has 1 aromatic carbocycles. The molecule has 1 spiro atoms. The lowest BCUT2D eigenvalue weighted by molar-refractivity contribution is -0.128. The first kappa shape index (κ1) is 19.0. The van der Waals surface area contributed by atoms with E-state index in [9.17, 15) is 4.79 Å². The van der Waals surface area contributed by atoms with E-state index < -0.39 is 0 Å². The molecule has 0 bridgehead atoms. The number of ether oxygens (including phenoxy) is 1. The van der Waals surface area contributed by atoms with Crippen molar-refractivity contribution in [3.8, 4) is 5.75 Å². The van der Waals surface area contributed by atoms with Crippen LogP contribution in [0.25, 0.3) is 0 Å². The van der Waals surface area contributed by atoms with Crippen molar-refractivity contribution < 1.29 is 14.1 Å². The second-order valence-corrected chi connectivity index (χ2v) is 8.23. The Hall–Kier alpha value is -2.34. The van der Waals surface area contributed by atoms with Gasteiger partial charge in [0.25, 0.3) is 0 Å². The Morgan fingerprint density at radius 1 is 1.18 bits per heavy atom. The number of carbonyl (C=O) groups is 1. The third-order valence-electron chi connectivity index (χ3n) is 6.27. The standard InChI is InChI=1S/C22H29N3O3/c1-17-20(18(2)28-23-17)15-25-16-22(14-21(25)26)8-10-24(11-9-22)12-13-27-19-6-4-3-5-7-19/h3-7H,8-16H2,1-2H3. The predicted octanol–water partition coefficient (Wildman–Crippen LogP) is 3.18. The van der Waals surface area contributed by atoms with E-state index in [0.717, 1.165) is 61.8 Å². The first-order chi connectivity index (χ1) is 13.5. The van der Waals surface area contributed by atoms with Gasteiger partial charge in [-0.2, -0.15) is 0 Å². The van der Waals surface area contributed by atoms with Crippen molar-refractivity contribution in [2.75, 3.05) is 32.8 Å². The Balaban J connectivity index is 1.26. The van der Waals surface area contributed by atoms with Crippen LogP contribution in [0, 0.1) is 19.3 Å². The minimum absolute atomic E-state index is 0.132. The topological polar surface area (TPSA) is 58.8 Å². The molecule has 2 aliphatic rings. The highest BCUT2D eigenvalue weighted by molar-refractivity contribution is 5.79. The van der Waals surface area contributed by atoms with Crippen LogP contribution in [0.2, 0.25) is 0 Å². The summed E-state index contributed by atoms with van der Waals surface area (Å²) in [6.45, 7) is 9.03. The second-order valence-electron chi connectivity index (χ2n) is 8.23. The summed E-state index contributed by atoms with van der Waals surface area (Å²) in [6.07, 6.45) is 2.81. The van der Waals surface area contributed by atoms with Crippen LogP contribution in [0.3, 0.4) is 0 Å². The molecule has 2 saturated heterocycles. The predicted molar refractivity (Wildman–Crippen MR) is 106 cm³/mol. The zero-order chi connectivity index (χ0) is 19.6. The molecule has 0 unspecified atom stereocenters. The number of amides is 1. The van der Waals surface area contributed by atoms with Crippen LogP contribution in [0.15, 0.2) is 34.9 Å². The smallest absolute Gasteiger partial charge is 0.223 e. The van der Waals surface area contributed by atoms with Crippen LogP contribution >= 0.6 is 0 Å². The fourth-order valence-corrected chi connectivity index (χ4v) is 4.44. The van der Waals surface area contributed by atoms with E-state index in [-0.39, 0.29) is 11.3 Å². The number of hydrogen-bond acceptors (Lipinski definition) is 5. The summed E-state index contributed by atoms with van der Waals surface area (Å²) >= 11 is 0. The summed E-state index contributed by atoms with van der Waals surface area (Å²) in [5, 5.41) is 4.02. The third-order valence-corrected chi connectivity index (χ3v) is 6.27. The van der Waals surface area contributed by atoms with Crippen molar-refractivity contribution in [1.82, 2.24) is 15.0 Å². The quantitative estimate of drug-likeness (QED) is 0.767. The van der Waals surface area contributed by atoms with Crippen molar-refractivity contribution >= 4 is 5.91 Å². The van der Waals surface area contributed by atoms with Crippen LogP contribution in [-0.2, 0) is 11.3 Å². The lowest BCUT2D eigenvalue weighted by Crippen LogP contribution is -2.42. The van der Waals surface area contributed by atoms with Gasteiger partial charge in [-0.3, -0.25) is 9.69 Å². The maximum atomic E-state index is 12.6. The molecule has 0 N–H and O–H groups in total. The summed E-state index contributed by atoms with van der Waals surface area (Å²) in [5.41, 5.74) is 2.08. The van der Waals surface area contributed by atoms with Gasteiger partial charge in [-0.1, -0.05) is 23.4 Å². The Bertz CT molecular complexity index is 790. The molecule has 2 fully saturated rings. The highest BCUT2D eigenvalue weighted by atomic mass is 16.5. The van der Waals surface area contributed by atoms with Gasteiger partial charge in [0.15, 0.2) is 0 Å². The minimum atomic E-state index is 0.132. The highest BCUT2D eigenvalue weighted by Crippen LogP contribution is 2.41. The monoisotopic (exact) mass is 383 g/mol. The van der Waals surface area contributed by atoms with Crippen molar-refractivity contribution in [2.24, 2.45) is 5.41 Å². The van der Waals surface area contributed by atoms with E-state index >= 15 is 0 Å². The molecule has 6 heteroatoms. The van der Waals surface area contributed by atoms with Crippen molar-refractivity contribution in [3.05, 3.63) is 47.3 Å². The Morgan fingerprint density at radius 2 is 1.93 bits per heavy atom.